The van der Waals surface area contributed by atoms with E-state index in [2.05, 4.69) is 11.9 Å². The highest BCUT2D eigenvalue weighted by Crippen LogP contribution is 2.13. The van der Waals surface area contributed by atoms with Crippen LogP contribution in [0.4, 0.5) is 0 Å². The number of carbonyl (C=O) groups is 1. The molecule has 0 spiro atoms. The predicted octanol–water partition coefficient (Wildman–Crippen LogP) is 1.51. The van der Waals surface area contributed by atoms with Crippen LogP contribution in [0.3, 0.4) is 0 Å². The molecule has 0 fully saturated rings. The molecule has 0 saturated heterocycles. The van der Waals surface area contributed by atoms with Crippen LogP contribution in [0.1, 0.15) is 21.7 Å². The van der Waals surface area contributed by atoms with Crippen molar-refractivity contribution in [3.05, 3.63) is 34.5 Å². The Bertz CT molecular complexity index is 320. The molecule has 0 radical (unpaired) electrons. The summed E-state index contributed by atoms with van der Waals surface area (Å²) in [5.41, 5.74) is 5.73. The fourth-order valence-corrected chi connectivity index (χ4v) is 1.86. The highest BCUT2D eigenvalue weighted by Gasteiger charge is 2.03. The van der Waals surface area contributed by atoms with Crippen molar-refractivity contribution in [2.45, 2.75) is 13.0 Å². The van der Waals surface area contributed by atoms with Crippen molar-refractivity contribution in [1.82, 2.24) is 5.32 Å². The maximum absolute atomic E-state index is 10.8. The number of nitrogens with two attached hydrogens (primary N) is 1. The summed E-state index contributed by atoms with van der Waals surface area (Å²) in [4.78, 5) is 11.9. The van der Waals surface area contributed by atoms with Crippen LogP contribution in [0, 0.1) is 0 Å². The minimum absolute atomic E-state index is 0.362. The van der Waals surface area contributed by atoms with Gasteiger partial charge in [-0.25, -0.2) is 0 Å². The standard InChI is InChI=1S/C10H14N2OS/c1-2-3-4-12-6-9-5-8(7-14-9)10(11)13/h2,5,7,12H,1,3-4,6H2,(H2,11,13). The molecule has 3 N–H and O–H groups in total. The van der Waals surface area contributed by atoms with Gasteiger partial charge < -0.3 is 11.1 Å². The van der Waals surface area contributed by atoms with Crippen LogP contribution >= 0.6 is 11.3 Å². The van der Waals surface area contributed by atoms with Crippen molar-refractivity contribution in [2.75, 3.05) is 6.54 Å². The van der Waals surface area contributed by atoms with E-state index in [1.54, 1.807) is 16.7 Å². The number of amides is 1. The first-order valence-electron chi connectivity index (χ1n) is 4.43. The molecule has 0 aliphatic rings. The molecule has 0 aliphatic heterocycles. The largest absolute Gasteiger partial charge is 0.366 e. The van der Waals surface area contributed by atoms with Gasteiger partial charge in [0.05, 0.1) is 5.56 Å². The Morgan fingerprint density at radius 3 is 3.07 bits per heavy atom. The number of primary amides is 1. The lowest BCUT2D eigenvalue weighted by Gasteiger charge is -1.98. The van der Waals surface area contributed by atoms with Crippen LogP contribution in [-0.2, 0) is 6.54 Å². The molecule has 1 aromatic rings. The summed E-state index contributed by atoms with van der Waals surface area (Å²) in [6, 6.07) is 1.83. The lowest BCUT2D eigenvalue weighted by Crippen LogP contribution is -2.13. The van der Waals surface area contributed by atoms with Crippen molar-refractivity contribution >= 4 is 17.2 Å². The fourth-order valence-electron chi connectivity index (χ4n) is 1.02. The van der Waals surface area contributed by atoms with E-state index in [0.717, 1.165) is 24.4 Å². The fraction of sp³-hybridized carbons (Fsp3) is 0.300. The number of hydrogen-bond acceptors (Lipinski definition) is 3. The van der Waals surface area contributed by atoms with Crippen LogP contribution in [-0.4, -0.2) is 12.5 Å². The van der Waals surface area contributed by atoms with Gasteiger partial charge in [0.25, 0.3) is 0 Å². The van der Waals surface area contributed by atoms with Crippen LogP contribution in [0.25, 0.3) is 0 Å². The number of thiophene rings is 1. The summed E-state index contributed by atoms with van der Waals surface area (Å²) in [7, 11) is 0. The van der Waals surface area contributed by atoms with Crippen molar-refractivity contribution < 1.29 is 4.79 Å². The number of carbonyl (C=O) groups excluding carboxylic acids is 1. The molecular formula is C10H14N2OS. The highest BCUT2D eigenvalue weighted by molar-refractivity contribution is 7.10. The summed E-state index contributed by atoms with van der Waals surface area (Å²) in [6.45, 7) is 5.33. The third kappa shape index (κ3) is 3.32. The van der Waals surface area contributed by atoms with Gasteiger partial charge >= 0.3 is 0 Å². The predicted molar refractivity (Wildman–Crippen MR) is 59.4 cm³/mol. The van der Waals surface area contributed by atoms with Gasteiger partial charge in [0, 0.05) is 16.8 Å². The van der Waals surface area contributed by atoms with E-state index in [1.807, 2.05) is 12.1 Å². The average molecular weight is 210 g/mol. The third-order valence-electron chi connectivity index (χ3n) is 1.76. The zero-order valence-electron chi connectivity index (χ0n) is 7.95. The van der Waals surface area contributed by atoms with Crippen LogP contribution in [0.2, 0.25) is 0 Å². The van der Waals surface area contributed by atoms with Gasteiger partial charge in [-0.2, -0.15) is 0 Å². The molecule has 1 heterocycles. The maximum Gasteiger partial charge on any atom is 0.249 e. The van der Waals surface area contributed by atoms with Crippen molar-refractivity contribution in [2.24, 2.45) is 5.73 Å². The molecule has 0 saturated carbocycles. The van der Waals surface area contributed by atoms with E-state index < -0.39 is 0 Å². The van der Waals surface area contributed by atoms with Crippen LogP contribution in [0.5, 0.6) is 0 Å². The van der Waals surface area contributed by atoms with E-state index in [1.165, 1.54) is 0 Å². The lowest BCUT2D eigenvalue weighted by molar-refractivity contribution is 0.100. The Labute approximate surface area is 87.6 Å². The molecule has 76 valence electrons. The Hall–Kier alpha value is -1.13. The summed E-state index contributed by atoms with van der Waals surface area (Å²) >= 11 is 1.55. The zero-order chi connectivity index (χ0) is 10.4. The Morgan fingerprint density at radius 2 is 2.50 bits per heavy atom. The van der Waals surface area contributed by atoms with Gasteiger partial charge in [0.15, 0.2) is 0 Å². The van der Waals surface area contributed by atoms with E-state index >= 15 is 0 Å². The molecular weight excluding hydrogens is 196 g/mol. The van der Waals surface area contributed by atoms with E-state index in [4.69, 9.17) is 5.73 Å². The summed E-state index contributed by atoms with van der Waals surface area (Å²) in [5.74, 6) is -0.362. The molecule has 4 heteroatoms. The Kier molecular flexibility index (Phi) is 4.35. The smallest absolute Gasteiger partial charge is 0.249 e. The van der Waals surface area contributed by atoms with Gasteiger partial charge in [-0.05, 0) is 19.0 Å². The van der Waals surface area contributed by atoms with Gasteiger partial charge in [-0.1, -0.05) is 6.08 Å². The number of hydrogen-bond donors (Lipinski definition) is 2. The van der Waals surface area contributed by atoms with E-state index in [-0.39, 0.29) is 5.91 Å². The molecule has 0 bridgehead atoms. The Balaban J connectivity index is 2.36. The van der Waals surface area contributed by atoms with E-state index in [0.29, 0.717) is 5.56 Å². The van der Waals surface area contributed by atoms with Gasteiger partial charge in [0.1, 0.15) is 0 Å². The van der Waals surface area contributed by atoms with Gasteiger partial charge in [-0.3, -0.25) is 4.79 Å². The number of rotatable bonds is 6. The second-order valence-corrected chi connectivity index (χ2v) is 3.92. The maximum atomic E-state index is 10.8. The van der Waals surface area contributed by atoms with Crippen LogP contribution in [0.15, 0.2) is 24.1 Å². The first kappa shape index (κ1) is 10.9. The SMILES string of the molecule is C=CCCNCc1cc(C(N)=O)cs1. The van der Waals surface area contributed by atoms with Crippen molar-refractivity contribution in [3.8, 4) is 0 Å². The summed E-state index contributed by atoms with van der Waals surface area (Å²) in [6.07, 6.45) is 2.82. The topological polar surface area (TPSA) is 55.1 Å². The lowest BCUT2D eigenvalue weighted by atomic mass is 10.3. The van der Waals surface area contributed by atoms with Crippen molar-refractivity contribution in [3.63, 3.8) is 0 Å². The molecule has 1 amide bonds. The summed E-state index contributed by atoms with van der Waals surface area (Å²) in [5, 5.41) is 5.03. The molecule has 0 aliphatic carbocycles. The molecule has 0 aromatic carbocycles. The van der Waals surface area contributed by atoms with Gasteiger partial charge in [0.2, 0.25) is 5.91 Å². The monoisotopic (exact) mass is 210 g/mol. The van der Waals surface area contributed by atoms with E-state index in [9.17, 15) is 4.79 Å². The molecule has 3 nitrogen and oxygen atoms in total. The second kappa shape index (κ2) is 5.57. The van der Waals surface area contributed by atoms with Crippen molar-refractivity contribution in [1.29, 1.82) is 0 Å². The molecule has 0 unspecified atom stereocenters. The first-order valence-corrected chi connectivity index (χ1v) is 5.31. The third-order valence-corrected chi connectivity index (χ3v) is 2.70. The van der Waals surface area contributed by atoms with Crippen LogP contribution < -0.4 is 11.1 Å². The average Bonchev–Trinajstić information content (AvgIpc) is 2.61. The molecule has 1 rings (SSSR count). The molecule has 0 atom stereocenters. The number of nitrogens with one attached hydrogen (secondary N) is 1. The molecule has 14 heavy (non-hydrogen) atoms. The quantitative estimate of drug-likeness (QED) is 0.552. The normalized spacial score (nSPS) is 10.0. The highest BCUT2D eigenvalue weighted by atomic mass is 32.1. The molecule has 1 aromatic heterocycles. The zero-order valence-corrected chi connectivity index (χ0v) is 8.77. The minimum atomic E-state index is -0.362. The first-order chi connectivity index (χ1) is 6.74. The Morgan fingerprint density at radius 1 is 1.71 bits per heavy atom. The van der Waals surface area contributed by atoms with Gasteiger partial charge in [-0.15, -0.1) is 17.9 Å². The minimum Gasteiger partial charge on any atom is -0.366 e. The summed E-state index contributed by atoms with van der Waals surface area (Å²) < 4.78 is 0. The second-order valence-electron chi connectivity index (χ2n) is 2.92.